The van der Waals surface area contributed by atoms with Gasteiger partial charge in [-0.25, -0.2) is 13.9 Å². The maximum atomic E-state index is 13.6. The average molecular weight is 454 g/mol. The molecule has 5 rings (SSSR count). The number of hydrogen-bond acceptors (Lipinski definition) is 6. The molecule has 0 radical (unpaired) electrons. The van der Waals surface area contributed by atoms with Crippen molar-refractivity contribution in [2.75, 3.05) is 19.0 Å². The highest BCUT2D eigenvalue weighted by Gasteiger charge is 2.43. The Kier molecular flexibility index (Phi) is 5.76. The van der Waals surface area contributed by atoms with Crippen LogP contribution in [0.5, 0.6) is 0 Å². The van der Waals surface area contributed by atoms with E-state index in [1.807, 2.05) is 11.8 Å². The molecule has 2 fully saturated rings. The molecule has 2 bridgehead atoms. The van der Waals surface area contributed by atoms with Crippen LogP contribution in [0.1, 0.15) is 53.2 Å². The Morgan fingerprint density at radius 2 is 1.97 bits per heavy atom. The number of aliphatic hydroxyl groups is 1. The molecule has 9 heteroatoms. The Hall–Kier alpha value is -3.04. The molecule has 0 unspecified atom stereocenters. The van der Waals surface area contributed by atoms with Crippen molar-refractivity contribution >= 4 is 17.2 Å². The van der Waals surface area contributed by atoms with E-state index in [9.17, 15) is 14.3 Å². The number of ether oxygens (including phenoxy) is 1. The minimum Gasteiger partial charge on any atom is -0.393 e. The number of halogens is 1. The first-order valence-corrected chi connectivity index (χ1v) is 11.3. The molecule has 0 saturated carbocycles. The number of carbonyl (C=O) groups is 1. The fourth-order valence-corrected chi connectivity index (χ4v) is 5.35. The van der Waals surface area contributed by atoms with Crippen molar-refractivity contribution < 1.29 is 19.0 Å². The number of amides is 1. The predicted octanol–water partition coefficient (Wildman–Crippen LogP) is 3.10. The average Bonchev–Trinajstić information content (AvgIpc) is 3.28. The highest BCUT2D eigenvalue weighted by atomic mass is 19.1. The Balaban J connectivity index is 1.48. The molecule has 2 aromatic heterocycles. The molecule has 2 saturated heterocycles. The summed E-state index contributed by atoms with van der Waals surface area (Å²) in [6.45, 7) is 2.26. The SMILES string of the molecule is COC[C@@H](Nc1ncnn2cc(C(=O)N3[C@@H]4CC[C@H]3C[C@@H](O)C4)c(C)c12)c1ccc(F)cc1. The van der Waals surface area contributed by atoms with E-state index in [0.29, 0.717) is 36.3 Å². The van der Waals surface area contributed by atoms with Crippen LogP contribution in [-0.4, -0.2) is 62.4 Å². The lowest BCUT2D eigenvalue weighted by atomic mass is 9.98. The van der Waals surface area contributed by atoms with Gasteiger partial charge in [0, 0.05) is 25.4 Å². The maximum absolute atomic E-state index is 13.6. The summed E-state index contributed by atoms with van der Waals surface area (Å²) in [5.41, 5.74) is 2.97. The summed E-state index contributed by atoms with van der Waals surface area (Å²) in [7, 11) is 1.61. The lowest BCUT2D eigenvalue weighted by Crippen LogP contribution is -2.48. The topological polar surface area (TPSA) is 92.0 Å². The molecule has 4 heterocycles. The molecule has 1 amide bonds. The van der Waals surface area contributed by atoms with E-state index in [2.05, 4.69) is 15.4 Å². The van der Waals surface area contributed by atoms with Crippen molar-refractivity contribution in [3.05, 3.63) is 59.3 Å². The van der Waals surface area contributed by atoms with Gasteiger partial charge >= 0.3 is 0 Å². The molecule has 0 spiro atoms. The second kappa shape index (κ2) is 8.72. The Labute approximate surface area is 191 Å². The summed E-state index contributed by atoms with van der Waals surface area (Å²) in [4.78, 5) is 20.0. The maximum Gasteiger partial charge on any atom is 0.256 e. The van der Waals surface area contributed by atoms with Gasteiger partial charge in [-0.2, -0.15) is 5.10 Å². The first-order chi connectivity index (χ1) is 16.0. The van der Waals surface area contributed by atoms with Crippen LogP contribution in [-0.2, 0) is 4.74 Å². The van der Waals surface area contributed by atoms with Crippen molar-refractivity contribution in [2.45, 2.75) is 56.8 Å². The Morgan fingerprint density at radius 1 is 1.27 bits per heavy atom. The van der Waals surface area contributed by atoms with Gasteiger partial charge in [0.15, 0.2) is 5.82 Å². The number of carbonyl (C=O) groups excluding carboxylic acids is 1. The first-order valence-electron chi connectivity index (χ1n) is 11.3. The molecule has 8 nitrogen and oxygen atoms in total. The quantitative estimate of drug-likeness (QED) is 0.596. The largest absolute Gasteiger partial charge is 0.393 e. The lowest BCUT2D eigenvalue weighted by molar-refractivity contribution is 0.0286. The fourth-order valence-electron chi connectivity index (χ4n) is 5.35. The molecule has 0 aliphatic carbocycles. The van der Waals surface area contributed by atoms with Gasteiger partial charge in [-0.3, -0.25) is 4.79 Å². The summed E-state index contributed by atoms with van der Waals surface area (Å²) in [6.07, 6.45) is 6.01. The van der Waals surface area contributed by atoms with E-state index < -0.39 is 0 Å². The number of aryl methyl sites for hydroxylation is 1. The molecule has 4 atom stereocenters. The van der Waals surface area contributed by atoms with Gasteiger partial charge < -0.3 is 20.1 Å². The number of anilines is 1. The molecular formula is C24H28FN5O3. The summed E-state index contributed by atoms with van der Waals surface area (Å²) >= 11 is 0. The summed E-state index contributed by atoms with van der Waals surface area (Å²) in [5.74, 6) is 0.254. The van der Waals surface area contributed by atoms with Crippen LogP contribution < -0.4 is 5.32 Å². The number of fused-ring (bicyclic) bond motifs is 3. The van der Waals surface area contributed by atoms with Crippen LogP contribution >= 0.6 is 0 Å². The van der Waals surface area contributed by atoms with E-state index in [-0.39, 0.29) is 36.0 Å². The highest BCUT2D eigenvalue weighted by molar-refractivity contribution is 5.99. The van der Waals surface area contributed by atoms with E-state index in [1.54, 1.807) is 30.0 Å². The van der Waals surface area contributed by atoms with E-state index >= 15 is 0 Å². The smallest absolute Gasteiger partial charge is 0.256 e. The van der Waals surface area contributed by atoms with E-state index in [4.69, 9.17) is 4.74 Å². The molecule has 2 N–H and O–H groups in total. The van der Waals surface area contributed by atoms with Gasteiger partial charge in [0.05, 0.1) is 24.3 Å². The second-order valence-corrected chi connectivity index (χ2v) is 9.00. The summed E-state index contributed by atoms with van der Waals surface area (Å²) < 4.78 is 20.5. The standard InChI is InChI=1S/C24H28FN5O3/c1-14-20(24(32)30-17-7-8-18(30)10-19(31)9-17)11-29-22(14)23(26-13-27-29)28-21(12-33-2)15-3-5-16(25)6-4-15/h3-6,11,13,17-19,21,31H,7-10,12H2,1-2H3,(H,26,27,28)/t17-,18+,19+,21-/m1/s1. The Morgan fingerprint density at radius 3 is 2.64 bits per heavy atom. The molecule has 1 aromatic carbocycles. The predicted molar refractivity (Wildman–Crippen MR) is 121 cm³/mol. The fraction of sp³-hybridized carbons (Fsp3) is 0.458. The van der Waals surface area contributed by atoms with Crippen LogP contribution in [0, 0.1) is 12.7 Å². The van der Waals surface area contributed by atoms with Crippen molar-refractivity contribution in [1.29, 1.82) is 0 Å². The van der Waals surface area contributed by atoms with Gasteiger partial charge in [-0.05, 0) is 55.9 Å². The van der Waals surface area contributed by atoms with Crippen LogP contribution in [0.25, 0.3) is 5.52 Å². The number of rotatable bonds is 6. The van der Waals surface area contributed by atoms with E-state index in [1.165, 1.54) is 18.5 Å². The summed E-state index contributed by atoms with van der Waals surface area (Å²) in [5, 5.41) is 17.8. The number of hydrogen-bond donors (Lipinski definition) is 2. The van der Waals surface area contributed by atoms with Gasteiger partial charge in [-0.1, -0.05) is 12.1 Å². The van der Waals surface area contributed by atoms with Crippen LogP contribution in [0.3, 0.4) is 0 Å². The van der Waals surface area contributed by atoms with Crippen LogP contribution in [0.15, 0.2) is 36.8 Å². The number of aliphatic hydroxyl groups excluding tert-OH is 1. The third-order valence-corrected chi connectivity index (χ3v) is 6.92. The van der Waals surface area contributed by atoms with Crippen molar-refractivity contribution in [1.82, 2.24) is 19.5 Å². The molecule has 174 valence electrons. The van der Waals surface area contributed by atoms with Crippen molar-refractivity contribution in [3.63, 3.8) is 0 Å². The zero-order valence-electron chi connectivity index (χ0n) is 18.7. The van der Waals surface area contributed by atoms with Crippen LogP contribution in [0.4, 0.5) is 10.2 Å². The van der Waals surface area contributed by atoms with Gasteiger partial charge in [-0.15, -0.1) is 0 Å². The Bertz CT molecular complexity index is 1150. The zero-order chi connectivity index (χ0) is 23.1. The number of nitrogens with zero attached hydrogens (tertiary/aromatic N) is 4. The number of piperidine rings is 1. The first kappa shape index (κ1) is 21.8. The second-order valence-electron chi connectivity index (χ2n) is 9.00. The zero-order valence-corrected chi connectivity index (χ0v) is 18.7. The monoisotopic (exact) mass is 453 g/mol. The van der Waals surface area contributed by atoms with E-state index in [0.717, 1.165) is 24.0 Å². The van der Waals surface area contributed by atoms with Crippen molar-refractivity contribution in [3.8, 4) is 0 Å². The third kappa shape index (κ3) is 3.95. The summed E-state index contributed by atoms with van der Waals surface area (Å²) in [6, 6.07) is 6.16. The molecule has 3 aromatic rings. The van der Waals surface area contributed by atoms with Crippen LogP contribution in [0.2, 0.25) is 0 Å². The van der Waals surface area contributed by atoms with Crippen molar-refractivity contribution in [2.24, 2.45) is 0 Å². The minimum absolute atomic E-state index is 0.0182. The normalized spacial score (nSPS) is 23.2. The number of aromatic nitrogens is 3. The number of benzene rings is 1. The molecule has 2 aliphatic heterocycles. The third-order valence-electron chi connectivity index (χ3n) is 6.92. The minimum atomic E-state index is -0.327. The molecule has 33 heavy (non-hydrogen) atoms. The van der Waals surface area contributed by atoms with Gasteiger partial charge in [0.2, 0.25) is 0 Å². The number of methoxy groups -OCH3 is 1. The van der Waals surface area contributed by atoms with Gasteiger partial charge in [0.25, 0.3) is 5.91 Å². The molecule has 2 aliphatic rings. The highest BCUT2D eigenvalue weighted by Crippen LogP contribution is 2.38. The lowest BCUT2D eigenvalue weighted by Gasteiger charge is -2.37. The van der Waals surface area contributed by atoms with Gasteiger partial charge in [0.1, 0.15) is 17.7 Å². The number of nitrogens with one attached hydrogen (secondary N) is 1. The molecular weight excluding hydrogens is 425 g/mol.